The van der Waals surface area contributed by atoms with Crippen LogP contribution in [-0.4, -0.2) is 42.1 Å². The van der Waals surface area contributed by atoms with Crippen LogP contribution in [-0.2, 0) is 4.79 Å². The molecule has 1 aromatic rings. The Kier molecular flexibility index (Phi) is 6.96. The molecule has 5 heteroatoms. The molecule has 2 N–H and O–H groups in total. The van der Waals surface area contributed by atoms with Gasteiger partial charge >= 0.3 is 0 Å². The molecule has 0 aliphatic carbocycles. The molecule has 26 heavy (non-hydrogen) atoms. The Hall–Kier alpha value is -1.10. The number of amides is 1. The van der Waals surface area contributed by atoms with Gasteiger partial charge in [0, 0.05) is 24.5 Å². The zero-order chi connectivity index (χ0) is 18.5. The number of hydrogen-bond acceptors (Lipinski definition) is 3. The first-order valence-electron chi connectivity index (χ1n) is 9.96. The Morgan fingerprint density at radius 2 is 1.92 bits per heavy atom. The van der Waals surface area contributed by atoms with Crippen molar-refractivity contribution in [3.63, 3.8) is 0 Å². The van der Waals surface area contributed by atoms with E-state index in [1.54, 1.807) is 0 Å². The maximum Gasteiger partial charge on any atom is 0.222 e. The fraction of sp³-hybridized carbons (Fsp3) is 0.667. The second kappa shape index (κ2) is 9.20. The van der Waals surface area contributed by atoms with Crippen LogP contribution in [0.15, 0.2) is 24.3 Å². The summed E-state index contributed by atoms with van der Waals surface area (Å²) in [6.45, 7) is 5.88. The molecule has 1 amide bonds. The van der Waals surface area contributed by atoms with E-state index < -0.39 is 6.10 Å². The van der Waals surface area contributed by atoms with Crippen LogP contribution >= 0.6 is 11.6 Å². The number of carbonyl (C=O) groups excluding carboxylic acids is 1. The maximum atomic E-state index is 12.7. The number of halogens is 1. The maximum absolute atomic E-state index is 12.7. The Morgan fingerprint density at radius 3 is 2.54 bits per heavy atom. The van der Waals surface area contributed by atoms with Crippen LogP contribution in [0.5, 0.6) is 0 Å². The van der Waals surface area contributed by atoms with Crippen LogP contribution in [0.4, 0.5) is 0 Å². The highest BCUT2D eigenvalue weighted by atomic mass is 35.5. The molecule has 1 aromatic carbocycles. The molecule has 3 unspecified atom stereocenters. The third kappa shape index (κ3) is 4.99. The Balaban J connectivity index is 1.46. The van der Waals surface area contributed by atoms with Gasteiger partial charge in [0.1, 0.15) is 0 Å². The van der Waals surface area contributed by atoms with Crippen LogP contribution in [0.3, 0.4) is 0 Å². The van der Waals surface area contributed by atoms with Gasteiger partial charge in [0.25, 0.3) is 0 Å². The molecule has 4 nitrogen and oxygen atoms in total. The lowest BCUT2D eigenvalue weighted by Crippen LogP contribution is -2.41. The Labute approximate surface area is 161 Å². The summed E-state index contributed by atoms with van der Waals surface area (Å²) in [6, 6.07) is 7.43. The van der Waals surface area contributed by atoms with Crippen molar-refractivity contribution in [2.24, 2.45) is 17.8 Å². The number of carbonyl (C=O) groups is 1. The van der Waals surface area contributed by atoms with Gasteiger partial charge in [0.05, 0.1) is 6.10 Å². The SMILES string of the molecule is CC(CC(=O)N1CCC(C(O)c2ccc(Cl)cc2)CC1)C1CCCNC1. The lowest BCUT2D eigenvalue weighted by molar-refractivity contribution is -0.134. The normalized spacial score (nSPS) is 24.3. The number of benzene rings is 1. The quantitative estimate of drug-likeness (QED) is 0.822. The first-order chi connectivity index (χ1) is 12.5. The Bertz CT molecular complexity index is 578. The molecule has 0 radical (unpaired) electrons. The van der Waals surface area contributed by atoms with Crippen molar-refractivity contribution in [1.29, 1.82) is 0 Å². The highest BCUT2D eigenvalue weighted by Crippen LogP contribution is 2.32. The molecule has 144 valence electrons. The molecular weight excluding hydrogens is 348 g/mol. The van der Waals surface area contributed by atoms with Crippen LogP contribution in [0.2, 0.25) is 5.02 Å². The number of nitrogens with zero attached hydrogens (tertiary/aromatic N) is 1. The smallest absolute Gasteiger partial charge is 0.222 e. The van der Waals surface area contributed by atoms with Crippen molar-refractivity contribution in [2.45, 2.75) is 45.1 Å². The minimum Gasteiger partial charge on any atom is -0.388 e. The van der Waals surface area contributed by atoms with Gasteiger partial charge in [0.2, 0.25) is 5.91 Å². The van der Waals surface area contributed by atoms with Gasteiger partial charge in [-0.3, -0.25) is 4.79 Å². The molecular formula is C21H31ClN2O2. The minimum absolute atomic E-state index is 0.209. The van der Waals surface area contributed by atoms with Gasteiger partial charge in [-0.25, -0.2) is 0 Å². The van der Waals surface area contributed by atoms with Crippen molar-refractivity contribution in [1.82, 2.24) is 10.2 Å². The van der Waals surface area contributed by atoms with Gasteiger partial charge in [0.15, 0.2) is 0 Å². The van der Waals surface area contributed by atoms with Gasteiger partial charge in [-0.2, -0.15) is 0 Å². The molecule has 0 bridgehead atoms. The monoisotopic (exact) mass is 378 g/mol. The fourth-order valence-corrected chi connectivity index (χ4v) is 4.46. The van der Waals surface area contributed by atoms with Gasteiger partial charge in [-0.15, -0.1) is 0 Å². The van der Waals surface area contributed by atoms with Crippen molar-refractivity contribution in [3.8, 4) is 0 Å². The molecule has 0 spiro atoms. The van der Waals surface area contributed by atoms with Crippen LogP contribution < -0.4 is 5.32 Å². The summed E-state index contributed by atoms with van der Waals surface area (Å²) < 4.78 is 0. The largest absolute Gasteiger partial charge is 0.388 e. The first kappa shape index (κ1) is 19.7. The van der Waals surface area contributed by atoms with E-state index in [1.165, 1.54) is 12.8 Å². The first-order valence-corrected chi connectivity index (χ1v) is 10.3. The van der Waals surface area contributed by atoms with E-state index in [1.807, 2.05) is 29.2 Å². The predicted molar refractivity (Wildman–Crippen MR) is 105 cm³/mol. The van der Waals surface area contributed by atoms with E-state index in [0.717, 1.165) is 44.6 Å². The lowest BCUT2D eigenvalue weighted by atomic mass is 9.84. The van der Waals surface area contributed by atoms with Gasteiger partial charge in [-0.1, -0.05) is 30.7 Å². The summed E-state index contributed by atoms with van der Waals surface area (Å²) in [6.07, 6.45) is 4.34. The van der Waals surface area contributed by atoms with E-state index in [2.05, 4.69) is 12.2 Å². The van der Waals surface area contributed by atoms with Crippen molar-refractivity contribution < 1.29 is 9.90 Å². The summed E-state index contributed by atoms with van der Waals surface area (Å²) in [5, 5.41) is 14.8. The van der Waals surface area contributed by atoms with E-state index in [9.17, 15) is 9.90 Å². The molecule has 2 fully saturated rings. The fourth-order valence-electron chi connectivity index (χ4n) is 4.33. The zero-order valence-corrected chi connectivity index (χ0v) is 16.4. The number of aliphatic hydroxyl groups excluding tert-OH is 1. The Morgan fingerprint density at radius 1 is 1.23 bits per heavy atom. The third-order valence-corrected chi connectivity index (χ3v) is 6.44. The molecule has 2 aliphatic heterocycles. The molecule has 0 aromatic heterocycles. The highest BCUT2D eigenvalue weighted by Gasteiger charge is 2.30. The van der Waals surface area contributed by atoms with E-state index in [-0.39, 0.29) is 11.8 Å². The summed E-state index contributed by atoms with van der Waals surface area (Å²) in [4.78, 5) is 14.7. The summed E-state index contributed by atoms with van der Waals surface area (Å²) >= 11 is 5.92. The number of nitrogens with one attached hydrogen (secondary N) is 1. The second-order valence-electron chi connectivity index (χ2n) is 8.00. The topological polar surface area (TPSA) is 52.6 Å². The predicted octanol–water partition coefficient (Wildman–Crippen LogP) is 3.64. The van der Waals surface area contributed by atoms with E-state index in [4.69, 9.17) is 11.6 Å². The standard InChI is InChI=1S/C21H31ClN2O2/c1-15(18-3-2-10-23-14-18)13-20(25)24-11-8-17(9-12-24)21(26)16-4-6-19(22)7-5-16/h4-7,15,17-18,21,23,26H,2-3,8-14H2,1H3. The van der Waals surface area contributed by atoms with Gasteiger partial charge < -0.3 is 15.3 Å². The average Bonchev–Trinajstić information content (AvgIpc) is 2.69. The molecule has 3 atom stereocenters. The van der Waals surface area contributed by atoms with E-state index in [0.29, 0.717) is 23.3 Å². The van der Waals surface area contributed by atoms with Crippen molar-refractivity contribution >= 4 is 17.5 Å². The lowest BCUT2D eigenvalue weighted by Gasteiger charge is -2.36. The van der Waals surface area contributed by atoms with Crippen LogP contribution in [0.1, 0.15) is 50.7 Å². The number of hydrogen-bond donors (Lipinski definition) is 2. The molecule has 3 rings (SSSR count). The summed E-state index contributed by atoms with van der Waals surface area (Å²) in [5.74, 6) is 1.55. The van der Waals surface area contributed by atoms with Crippen LogP contribution in [0, 0.1) is 17.8 Å². The molecule has 2 aliphatic rings. The summed E-state index contributed by atoms with van der Waals surface area (Å²) in [7, 11) is 0. The third-order valence-electron chi connectivity index (χ3n) is 6.19. The minimum atomic E-state index is -0.475. The van der Waals surface area contributed by atoms with Crippen molar-refractivity contribution in [3.05, 3.63) is 34.9 Å². The highest BCUT2D eigenvalue weighted by molar-refractivity contribution is 6.30. The van der Waals surface area contributed by atoms with Gasteiger partial charge in [-0.05, 0) is 74.2 Å². The molecule has 2 heterocycles. The van der Waals surface area contributed by atoms with Crippen molar-refractivity contribution in [2.75, 3.05) is 26.2 Å². The number of likely N-dealkylation sites (tertiary alicyclic amines) is 1. The molecule has 2 saturated heterocycles. The second-order valence-corrected chi connectivity index (χ2v) is 8.44. The molecule has 0 saturated carbocycles. The summed E-state index contributed by atoms with van der Waals surface area (Å²) in [5.41, 5.74) is 0.914. The number of rotatable bonds is 5. The van der Waals surface area contributed by atoms with Crippen LogP contribution in [0.25, 0.3) is 0 Å². The van der Waals surface area contributed by atoms with E-state index >= 15 is 0 Å². The average molecular weight is 379 g/mol. The zero-order valence-electron chi connectivity index (χ0n) is 15.7. The number of aliphatic hydroxyl groups is 1. The number of piperidine rings is 2.